The molecule has 1 aliphatic rings. The highest BCUT2D eigenvalue weighted by Gasteiger charge is 2.27. The second kappa shape index (κ2) is 10.7. The number of hydrogen-bond donors (Lipinski definition) is 2. The number of fused-ring (bicyclic) bond motifs is 1. The molecule has 0 aliphatic heterocycles. The van der Waals surface area contributed by atoms with Gasteiger partial charge in [0.15, 0.2) is 0 Å². The third kappa shape index (κ3) is 5.14. The van der Waals surface area contributed by atoms with Gasteiger partial charge in [0.1, 0.15) is 11.8 Å². The lowest BCUT2D eigenvalue weighted by atomic mass is 10.0. The smallest absolute Gasteiger partial charge is 0.110 e. The van der Waals surface area contributed by atoms with E-state index >= 15 is 0 Å². The third-order valence-electron chi connectivity index (χ3n) is 7.05. The van der Waals surface area contributed by atoms with Crippen molar-refractivity contribution in [2.75, 3.05) is 10.6 Å². The monoisotopic (exact) mass is 534 g/mol. The molecule has 39 heavy (non-hydrogen) atoms. The number of anilines is 2. The molecule has 0 saturated heterocycles. The van der Waals surface area contributed by atoms with Crippen LogP contribution < -0.4 is 10.6 Å². The standard InChI is InChI=1S/C30H27ClN8/c1-2-26(19-7-4-3-5-8-19)36-28-21(15-32)17-34-30-24(28)13-22(14-25(30)31)35-29(20-9-6-12-33-16-20)27-18-39(38-37-27)23-10-11-23/h3-9,12-14,16-18,23,26,29,35H,2,10-11H2,1H3,(H,34,36)/t26-,29+/m1/s1. The van der Waals surface area contributed by atoms with Crippen molar-refractivity contribution in [2.45, 2.75) is 44.3 Å². The fourth-order valence-electron chi connectivity index (χ4n) is 4.85. The lowest BCUT2D eigenvalue weighted by Crippen LogP contribution is -2.14. The molecule has 6 rings (SSSR count). The normalized spacial score (nSPS) is 14.5. The minimum Gasteiger partial charge on any atom is -0.377 e. The molecule has 2 aromatic carbocycles. The Morgan fingerprint density at radius 2 is 1.90 bits per heavy atom. The van der Waals surface area contributed by atoms with E-state index in [0.717, 1.165) is 47.2 Å². The Balaban J connectivity index is 1.42. The van der Waals surface area contributed by atoms with E-state index in [4.69, 9.17) is 11.6 Å². The van der Waals surface area contributed by atoms with Crippen LogP contribution in [0.2, 0.25) is 5.02 Å². The molecule has 0 amide bonds. The quantitative estimate of drug-likeness (QED) is 0.213. The Morgan fingerprint density at radius 3 is 2.62 bits per heavy atom. The molecule has 3 aromatic heterocycles. The molecule has 2 atom stereocenters. The third-order valence-corrected chi connectivity index (χ3v) is 7.34. The summed E-state index contributed by atoms with van der Waals surface area (Å²) in [6.45, 7) is 2.12. The molecule has 1 aliphatic carbocycles. The number of nitrogens with one attached hydrogen (secondary N) is 2. The summed E-state index contributed by atoms with van der Waals surface area (Å²) in [5.41, 5.74) is 5.46. The van der Waals surface area contributed by atoms with Gasteiger partial charge < -0.3 is 10.6 Å². The van der Waals surface area contributed by atoms with Crippen molar-refractivity contribution < 1.29 is 0 Å². The van der Waals surface area contributed by atoms with E-state index < -0.39 is 0 Å². The van der Waals surface area contributed by atoms with E-state index in [-0.39, 0.29) is 12.1 Å². The summed E-state index contributed by atoms with van der Waals surface area (Å²) in [6.07, 6.45) is 10.2. The first-order valence-corrected chi connectivity index (χ1v) is 13.4. The Hall–Kier alpha value is -4.48. The molecular formula is C30H27ClN8. The van der Waals surface area contributed by atoms with Crippen LogP contribution in [0.25, 0.3) is 10.9 Å². The highest BCUT2D eigenvalue weighted by molar-refractivity contribution is 6.35. The van der Waals surface area contributed by atoms with Crippen molar-refractivity contribution in [1.29, 1.82) is 5.26 Å². The summed E-state index contributed by atoms with van der Waals surface area (Å²) in [6, 6.07) is 20.4. The van der Waals surface area contributed by atoms with Crippen LogP contribution >= 0.6 is 11.6 Å². The van der Waals surface area contributed by atoms with E-state index in [0.29, 0.717) is 27.8 Å². The number of nitrogens with zero attached hydrogens (tertiary/aromatic N) is 6. The van der Waals surface area contributed by atoms with Gasteiger partial charge in [-0.3, -0.25) is 9.97 Å². The van der Waals surface area contributed by atoms with Gasteiger partial charge in [-0.25, -0.2) is 4.68 Å². The number of hydrogen-bond acceptors (Lipinski definition) is 7. The lowest BCUT2D eigenvalue weighted by Gasteiger charge is -2.22. The molecule has 0 unspecified atom stereocenters. The molecule has 194 valence electrons. The Kier molecular flexibility index (Phi) is 6.82. The molecular weight excluding hydrogens is 508 g/mol. The van der Waals surface area contributed by atoms with Gasteiger partial charge in [-0.15, -0.1) is 5.10 Å². The van der Waals surface area contributed by atoms with Crippen molar-refractivity contribution in [3.05, 3.63) is 107 Å². The van der Waals surface area contributed by atoms with Gasteiger partial charge >= 0.3 is 0 Å². The van der Waals surface area contributed by atoms with Crippen LogP contribution in [0.1, 0.15) is 66.7 Å². The Morgan fingerprint density at radius 1 is 1.08 bits per heavy atom. The van der Waals surface area contributed by atoms with Crippen molar-refractivity contribution in [3.8, 4) is 6.07 Å². The Bertz CT molecular complexity index is 1640. The van der Waals surface area contributed by atoms with Crippen LogP contribution in [0.3, 0.4) is 0 Å². The second-order valence-electron chi connectivity index (χ2n) is 9.75. The molecule has 3 heterocycles. The van der Waals surface area contributed by atoms with E-state index in [9.17, 15) is 5.26 Å². The van der Waals surface area contributed by atoms with Gasteiger partial charge in [0.05, 0.1) is 46.1 Å². The molecule has 0 spiro atoms. The van der Waals surface area contributed by atoms with Crippen LogP contribution in [-0.2, 0) is 0 Å². The van der Waals surface area contributed by atoms with Crippen LogP contribution in [0.15, 0.2) is 79.4 Å². The fraction of sp³-hybridized carbons (Fsp3) is 0.233. The van der Waals surface area contributed by atoms with E-state index in [2.05, 4.69) is 56.0 Å². The molecule has 0 radical (unpaired) electrons. The fourth-order valence-corrected chi connectivity index (χ4v) is 5.11. The summed E-state index contributed by atoms with van der Waals surface area (Å²) < 4.78 is 1.94. The maximum Gasteiger partial charge on any atom is 0.110 e. The zero-order valence-electron chi connectivity index (χ0n) is 21.4. The zero-order valence-corrected chi connectivity index (χ0v) is 22.2. The highest BCUT2D eigenvalue weighted by atomic mass is 35.5. The largest absolute Gasteiger partial charge is 0.377 e. The average molecular weight is 535 g/mol. The van der Waals surface area contributed by atoms with Crippen LogP contribution in [-0.4, -0.2) is 25.0 Å². The SMILES string of the molecule is CC[C@@H](Nc1c(C#N)cnc2c(Cl)cc(N[C@@H](c3cccnc3)c3cn(C4CC4)nn3)cc12)c1ccccc1. The van der Waals surface area contributed by atoms with Gasteiger partial charge in [0.2, 0.25) is 0 Å². The number of aromatic nitrogens is 5. The van der Waals surface area contributed by atoms with E-state index in [1.807, 2.05) is 59.5 Å². The molecule has 2 N–H and O–H groups in total. The number of pyridine rings is 2. The number of rotatable bonds is 9. The maximum atomic E-state index is 9.96. The Labute approximate surface area is 231 Å². The van der Waals surface area contributed by atoms with Crippen LogP contribution in [0, 0.1) is 11.3 Å². The average Bonchev–Trinajstić information content (AvgIpc) is 3.72. The van der Waals surface area contributed by atoms with Crippen molar-refractivity contribution in [1.82, 2.24) is 25.0 Å². The summed E-state index contributed by atoms with van der Waals surface area (Å²) in [7, 11) is 0. The molecule has 9 heteroatoms. The predicted molar refractivity (Wildman–Crippen MR) is 153 cm³/mol. The summed E-state index contributed by atoms with van der Waals surface area (Å²) in [5.74, 6) is 0. The topological polar surface area (TPSA) is 104 Å². The molecule has 0 bridgehead atoms. The first-order valence-electron chi connectivity index (χ1n) is 13.1. The minimum atomic E-state index is -0.295. The number of nitriles is 1. The molecule has 8 nitrogen and oxygen atoms in total. The first kappa shape index (κ1) is 24.8. The van der Waals surface area contributed by atoms with Gasteiger partial charge in [0.25, 0.3) is 0 Å². The van der Waals surface area contributed by atoms with E-state index in [1.165, 1.54) is 0 Å². The summed E-state index contributed by atoms with van der Waals surface area (Å²) in [5, 5.41) is 27.3. The van der Waals surface area contributed by atoms with Gasteiger partial charge in [-0.1, -0.05) is 60.1 Å². The first-order chi connectivity index (χ1) is 19.1. The molecule has 1 fully saturated rings. The predicted octanol–water partition coefficient (Wildman–Crippen LogP) is 6.85. The van der Waals surface area contributed by atoms with E-state index in [1.54, 1.807) is 12.4 Å². The van der Waals surface area contributed by atoms with Gasteiger partial charge in [0, 0.05) is 29.7 Å². The molecule has 5 aromatic rings. The lowest BCUT2D eigenvalue weighted by molar-refractivity contribution is 0.610. The molecule has 1 saturated carbocycles. The van der Waals surface area contributed by atoms with Gasteiger partial charge in [-0.2, -0.15) is 5.26 Å². The zero-order chi connectivity index (χ0) is 26.8. The number of halogens is 1. The minimum absolute atomic E-state index is 0.0138. The number of benzene rings is 2. The van der Waals surface area contributed by atoms with Crippen LogP contribution in [0.4, 0.5) is 11.4 Å². The summed E-state index contributed by atoms with van der Waals surface area (Å²) in [4.78, 5) is 8.85. The maximum absolute atomic E-state index is 9.96. The highest BCUT2D eigenvalue weighted by Crippen LogP contribution is 2.38. The van der Waals surface area contributed by atoms with Crippen LogP contribution in [0.5, 0.6) is 0 Å². The van der Waals surface area contributed by atoms with Crippen molar-refractivity contribution in [2.24, 2.45) is 0 Å². The van der Waals surface area contributed by atoms with Crippen molar-refractivity contribution in [3.63, 3.8) is 0 Å². The summed E-state index contributed by atoms with van der Waals surface area (Å²) >= 11 is 6.79. The van der Waals surface area contributed by atoms with Gasteiger partial charge in [-0.05, 0) is 48.6 Å². The van der Waals surface area contributed by atoms with Crippen molar-refractivity contribution >= 4 is 33.9 Å². The second-order valence-corrected chi connectivity index (χ2v) is 10.2.